The van der Waals surface area contributed by atoms with E-state index in [0.717, 1.165) is 24.9 Å². The van der Waals surface area contributed by atoms with E-state index in [1.165, 1.54) is 10.7 Å². The standard InChI is InChI=1S/C21H33N3O3S/c1-17(2)19-7-9-20(10-8-19)28(26,27)24-14-12-22(13-15-24)21(25)16-23-11-5-4-6-18(23)3/h7-10,17-18H,4-6,11-16H2,1-3H3/t18-/m1/s1. The maximum absolute atomic E-state index is 12.9. The molecular formula is C21H33N3O3S. The summed E-state index contributed by atoms with van der Waals surface area (Å²) in [6, 6.07) is 7.61. The Balaban J connectivity index is 1.57. The predicted molar refractivity (Wildman–Crippen MR) is 111 cm³/mol. The monoisotopic (exact) mass is 407 g/mol. The van der Waals surface area contributed by atoms with E-state index >= 15 is 0 Å². The van der Waals surface area contributed by atoms with Gasteiger partial charge in [-0.25, -0.2) is 8.42 Å². The first kappa shape index (κ1) is 21.3. The molecule has 2 fully saturated rings. The van der Waals surface area contributed by atoms with E-state index in [2.05, 4.69) is 25.7 Å². The molecule has 0 aliphatic carbocycles. The molecule has 0 N–H and O–H groups in total. The molecule has 1 aromatic rings. The highest BCUT2D eigenvalue weighted by Crippen LogP contribution is 2.22. The predicted octanol–water partition coefficient (Wildman–Crippen LogP) is 2.52. The molecule has 2 aliphatic rings. The largest absolute Gasteiger partial charge is 0.339 e. The number of piperazine rings is 1. The fraction of sp³-hybridized carbons (Fsp3) is 0.667. The molecule has 0 spiro atoms. The molecule has 0 bridgehead atoms. The molecule has 1 amide bonds. The van der Waals surface area contributed by atoms with Crippen LogP contribution in [-0.2, 0) is 14.8 Å². The molecule has 28 heavy (non-hydrogen) atoms. The SMILES string of the molecule is CC(C)c1ccc(S(=O)(=O)N2CCN(C(=O)CN3CCCC[C@H]3C)CC2)cc1. The number of piperidine rings is 1. The Morgan fingerprint density at radius 3 is 2.25 bits per heavy atom. The van der Waals surface area contributed by atoms with Crippen LogP contribution >= 0.6 is 0 Å². The number of hydrogen-bond donors (Lipinski definition) is 0. The van der Waals surface area contributed by atoms with Crippen LogP contribution in [0.1, 0.15) is 51.5 Å². The number of amides is 1. The van der Waals surface area contributed by atoms with E-state index in [1.54, 1.807) is 12.1 Å². The average molecular weight is 408 g/mol. The van der Waals surface area contributed by atoms with Gasteiger partial charge in [0.1, 0.15) is 0 Å². The lowest BCUT2D eigenvalue weighted by Gasteiger charge is -2.37. The number of nitrogens with zero attached hydrogens (tertiary/aromatic N) is 3. The quantitative estimate of drug-likeness (QED) is 0.753. The first-order valence-electron chi connectivity index (χ1n) is 10.4. The molecule has 6 nitrogen and oxygen atoms in total. The Hall–Kier alpha value is -1.44. The Kier molecular flexibility index (Phi) is 6.78. The first-order chi connectivity index (χ1) is 13.3. The summed E-state index contributed by atoms with van der Waals surface area (Å²) in [6.45, 7) is 9.42. The molecule has 0 saturated carbocycles. The van der Waals surface area contributed by atoms with Gasteiger partial charge in [-0.05, 0) is 49.9 Å². The maximum Gasteiger partial charge on any atom is 0.243 e. The van der Waals surface area contributed by atoms with Crippen molar-refractivity contribution in [3.8, 4) is 0 Å². The third-order valence-electron chi connectivity index (χ3n) is 6.05. The molecule has 2 heterocycles. The molecule has 156 valence electrons. The third kappa shape index (κ3) is 4.75. The van der Waals surface area contributed by atoms with Gasteiger partial charge in [-0.3, -0.25) is 9.69 Å². The zero-order chi connectivity index (χ0) is 20.3. The first-order valence-corrected chi connectivity index (χ1v) is 11.8. The van der Waals surface area contributed by atoms with Gasteiger partial charge in [0, 0.05) is 32.2 Å². The van der Waals surface area contributed by atoms with Crippen LogP contribution in [0.25, 0.3) is 0 Å². The number of rotatable bonds is 5. The zero-order valence-corrected chi connectivity index (χ0v) is 18.1. The lowest BCUT2D eigenvalue weighted by Crippen LogP contribution is -2.53. The van der Waals surface area contributed by atoms with Crippen molar-refractivity contribution in [1.82, 2.24) is 14.1 Å². The second-order valence-electron chi connectivity index (χ2n) is 8.32. The minimum Gasteiger partial charge on any atom is -0.339 e. The third-order valence-corrected chi connectivity index (χ3v) is 7.97. The highest BCUT2D eigenvalue weighted by Gasteiger charge is 2.31. The molecule has 0 unspecified atom stereocenters. The van der Waals surface area contributed by atoms with Gasteiger partial charge in [-0.1, -0.05) is 32.4 Å². The summed E-state index contributed by atoms with van der Waals surface area (Å²) in [5.41, 5.74) is 1.13. The van der Waals surface area contributed by atoms with Crippen molar-refractivity contribution in [2.45, 2.75) is 56.9 Å². The van der Waals surface area contributed by atoms with E-state index in [4.69, 9.17) is 0 Å². The number of hydrogen-bond acceptors (Lipinski definition) is 4. The van der Waals surface area contributed by atoms with Crippen molar-refractivity contribution in [2.75, 3.05) is 39.3 Å². The van der Waals surface area contributed by atoms with Gasteiger partial charge in [0.25, 0.3) is 0 Å². The van der Waals surface area contributed by atoms with Crippen LogP contribution in [0.4, 0.5) is 0 Å². The Labute approximate surface area is 169 Å². The van der Waals surface area contributed by atoms with Crippen molar-refractivity contribution in [3.63, 3.8) is 0 Å². The van der Waals surface area contributed by atoms with E-state index in [9.17, 15) is 13.2 Å². The van der Waals surface area contributed by atoms with Crippen molar-refractivity contribution in [3.05, 3.63) is 29.8 Å². The van der Waals surface area contributed by atoms with Crippen LogP contribution < -0.4 is 0 Å². The van der Waals surface area contributed by atoms with Crippen LogP contribution in [0.5, 0.6) is 0 Å². The smallest absolute Gasteiger partial charge is 0.243 e. The number of benzene rings is 1. The second kappa shape index (κ2) is 8.93. The number of carbonyl (C=O) groups excluding carboxylic acids is 1. The normalized spacial score (nSPS) is 22.6. The zero-order valence-electron chi connectivity index (χ0n) is 17.3. The fourth-order valence-electron chi connectivity index (χ4n) is 4.02. The second-order valence-corrected chi connectivity index (χ2v) is 10.3. The van der Waals surface area contributed by atoms with Gasteiger partial charge in [-0.15, -0.1) is 0 Å². The van der Waals surface area contributed by atoms with Crippen molar-refractivity contribution >= 4 is 15.9 Å². The van der Waals surface area contributed by atoms with Gasteiger partial charge < -0.3 is 4.90 Å². The summed E-state index contributed by atoms with van der Waals surface area (Å²) in [4.78, 5) is 17.1. The number of carbonyl (C=O) groups is 1. The lowest BCUT2D eigenvalue weighted by atomic mass is 10.0. The van der Waals surface area contributed by atoms with Crippen LogP contribution in [0.2, 0.25) is 0 Å². The van der Waals surface area contributed by atoms with Gasteiger partial charge in [0.05, 0.1) is 11.4 Å². The molecule has 1 atom stereocenters. The maximum atomic E-state index is 12.9. The Morgan fingerprint density at radius 1 is 1.04 bits per heavy atom. The molecule has 0 aromatic heterocycles. The molecule has 2 aliphatic heterocycles. The molecule has 7 heteroatoms. The van der Waals surface area contributed by atoms with Crippen molar-refractivity contribution < 1.29 is 13.2 Å². The van der Waals surface area contributed by atoms with Crippen LogP contribution in [0, 0.1) is 0 Å². The molecular weight excluding hydrogens is 374 g/mol. The molecule has 0 radical (unpaired) electrons. The summed E-state index contributed by atoms with van der Waals surface area (Å²) in [6.07, 6.45) is 3.54. The van der Waals surface area contributed by atoms with Crippen molar-refractivity contribution in [2.24, 2.45) is 0 Å². The summed E-state index contributed by atoms with van der Waals surface area (Å²) >= 11 is 0. The van der Waals surface area contributed by atoms with Crippen LogP contribution in [0.15, 0.2) is 29.2 Å². The van der Waals surface area contributed by atoms with E-state index in [-0.39, 0.29) is 5.91 Å². The van der Waals surface area contributed by atoms with Crippen LogP contribution in [0.3, 0.4) is 0 Å². The number of likely N-dealkylation sites (tertiary alicyclic amines) is 1. The average Bonchev–Trinajstić information content (AvgIpc) is 2.70. The lowest BCUT2D eigenvalue weighted by molar-refractivity contribution is -0.134. The summed E-state index contributed by atoms with van der Waals surface area (Å²) < 4.78 is 27.3. The minimum atomic E-state index is -3.50. The topological polar surface area (TPSA) is 60.9 Å². The minimum absolute atomic E-state index is 0.118. The summed E-state index contributed by atoms with van der Waals surface area (Å²) in [7, 11) is -3.50. The molecule has 3 rings (SSSR count). The number of sulfonamides is 1. The Morgan fingerprint density at radius 2 is 1.68 bits per heavy atom. The van der Waals surface area contributed by atoms with E-state index in [0.29, 0.717) is 49.6 Å². The fourth-order valence-corrected chi connectivity index (χ4v) is 5.44. The van der Waals surface area contributed by atoms with E-state index < -0.39 is 10.0 Å². The van der Waals surface area contributed by atoms with E-state index in [1.807, 2.05) is 17.0 Å². The Bertz CT molecular complexity index is 769. The van der Waals surface area contributed by atoms with Gasteiger partial charge >= 0.3 is 0 Å². The van der Waals surface area contributed by atoms with Gasteiger partial charge in [0.2, 0.25) is 15.9 Å². The molecule has 2 saturated heterocycles. The highest BCUT2D eigenvalue weighted by molar-refractivity contribution is 7.89. The summed E-state index contributed by atoms with van der Waals surface area (Å²) in [5.74, 6) is 0.487. The molecule has 1 aromatic carbocycles. The highest BCUT2D eigenvalue weighted by atomic mass is 32.2. The van der Waals surface area contributed by atoms with Gasteiger partial charge in [-0.2, -0.15) is 4.31 Å². The van der Waals surface area contributed by atoms with Gasteiger partial charge in [0.15, 0.2) is 0 Å². The summed E-state index contributed by atoms with van der Waals surface area (Å²) in [5, 5.41) is 0. The van der Waals surface area contributed by atoms with Crippen molar-refractivity contribution in [1.29, 1.82) is 0 Å². The van der Waals surface area contributed by atoms with Crippen LogP contribution in [-0.4, -0.2) is 73.7 Å².